The van der Waals surface area contributed by atoms with E-state index in [1.807, 2.05) is 37.3 Å². The predicted octanol–water partition coefficient (Wildman–Crippen LogP) is 1.54. The first-order valence-electron chi connectivity index (χ1n) is 7.74. The highest BCUT2D eigenvalue weighted by Gasteiger charge is 2.16. The van der Waals surface area contributed by atoms with Gasteiger partial charge < -0.3 is 5.32 Å². The van der Waals surface area contributed by atoms with E-state index >= 15 is 0 Å². The number of aromatic nitrogens is 2. The third-order valence-electron chi connectivity index (χ3n) is 3.65. The van der Waals surface area contributed by atoms with Crippen molar-refractivity contribution in [2.75, 3.05) is 29.9 Å². The summed E-state index contributed by atoms with van der Waals surface area (Å²) in [6.07, 6.45) is 4.72. The van der Waals surface area contributed by atoms with Crippen LogP contribution in [0.2, 0.25) is 0 Å². The Bertz CT molecular complexity index is 895. The zero-order valence-corrected chi connectivity index (χ0v) is 15.1. The van der Waals surface area contributed by atoms with Gasteiger partial charge in [0.25, 0.3) is 0 Å². The molecule has 2 aromatic rings. The van der Waals surface area contributed by atoms with Gasteiger partial charge in [0.1, 0.15) is 0 Å². The Morgan fingerprint density at radius 2 is 1.96 bits per heavy atom. The van der Waals surface area contributed by atoms with Gasteiger partial charge in [0.2, 0.25) is 16.0 Å². The summed E-state index contributed by atoms with van der Waals surface area (Å²) in [6.45, 7) is 2.70. The fourth-order valence-corrected chi connectivity index (χ4v) is 3.10. The van der Waals surface area contributed by atoms with Crippen LogP contribution in [0.1, 0.15) is 5.56 Å². The van der Waals surface area contributed by atoms with Gasteiger partial charge in [0.15, 0.2) is 0 Å². The monoisotopic (exact) mass is 360 g/mol. The van der Waals surface area contributed by atoms with Gasteiger partial charge in [0.05, 0.1) is 24.5 Å². The molecule has 3 rings (SSSR count). The molecule has 0 aliphatic carbocycles. The van der Waals surface area contributed by atoms with Crippen LogP contribution in [-0.4, -0.2) is 55.5 Å². The Morgan fingerprint density at radius 3 is 2.56 bits per heavy atom. The van der Waals surface area contributed by atoms with Gasteiger partial charge in [0, 0.05) is 30.7 Å². The second-order valence-corrected chi connectivity index (χ2v) is 7.78. The van der Waals surface area contributed by atoms with Gasteiger partial charge in [-0.2, -0.15) is 5.10 Å². The molecule has 2 N–H and O–H groups in total. The molecule has 2 heterocycles. The fraction of sp³-hybridized carbons (Fsp3) is 0.312. The molecule has 0 radical (unpaired) electrons. The van der Waals surface area contributed by atoms with Crippen LogP contribution in [0.3, 0.4) is 0 Å². The second kappa shape index (κ2) is 6.67. The Kier molecular flexibility index (Phi) is 4.58. The van der Waals surface area contributed by atoms with Gasteiger partial charge in [-0.1, -0.05) is 12.1 Å². The maximum atomic E-state index is 11.3. The number of rotatable bonds is 5. The zero-order chi connectivity index (χ0) is 18.0. The van der Waals surface area contributed by atoms with E-state index in [1.54, 1.807) is 18.3 Å². The van der Waals surface area contributed by atoms with E-state index in [1.165, 1.54) is 0 Å². The lowest BCUT2D eigenvalue weighted by Crippen LogP contribution is -2.27. The number of benzene rings is 1. The smallest absolute Gasteiger partial charge is 0.229 e. The van der Waals surface area contributed by atoms with Crippen LogP contribution in [-0.2, 0) is 10.0 Å². The minimum atomic E-state index is -3.29. The first-order valence-corrected chi connectivity index (χ1v) is 9.63. The summed E-state index contributed by atoms with van der Waals surface area (Å²) in [5, 5.41) is 9.28. The highest BCUT2D eigenvalue weighted by atomic mass is 32.2. The number of hydrogen-bond acceptors (Lipinski definition) is 7. The van der Waals surface area contributed by atoms with E-state index in [4.69, 9.17) is 0 Å². The molecule has 1 aliphatic heterocycles. The van der Waals surface area contributed by atoms with Crippen molar-refractivity contribution < 1.29 is 8.42 Å². The van der Waals surface area contributed by atoms with Gasteiger partial charge in [-0.15, -0.1) is 0 Å². The minimum Gasteiger partial charge on any atom is -0.345 e. The number of sulfonamides is 1. The maximum absolute atomic E-state index is 11.3. The standard InChI is InChI=1S/C16H20N6O2S/c1-11-8-17-16(19-14-9-18-22(2)10-14)20-15(11)12-4-6-13(7-5-12)21-25(3,23)24/h4-9,14,21H,10H2,1-3H3,(H,17,19,20). The summed E-state index contributed by atoms with van der Waals surface area (Å²) >= 11 is 0. The van der Waals surface area contributed by atoms with Crippen LogP contribution in [0.25, 0.3) is 11.3 Å². The summed E-state index contributed by atoms with van der Waals surface area (Å²) in [6, 6.07) is 7.16. The number of likely N-dealkylation sites (N-methyl/N-ethyl adjacent to an activating group) is 1. The molecule has 1 aromatic heterocycles. The number of hydrazone groups is 1. The van der Waals surface area contributed by atoms with Crippen LogP contribution in [0, 0.1) is 6.92 Å². The molecular formula is C16H20N6O2S. The fourth-order valence-electron chi connectivity index (χ4n) is 2.54. The predicted molar refractivity (Wildman–Crippen MR) is 99.2 cm³/mol. The molecular weight excluding hydrogens is 340 g/mol. The van der Waals surface area contributed by atoms with Crippen LogP contribution < -0.4 is 10.0 Å². The topological polar surface area (TPSA) is 99.6 Å². The number of nitrogens with zero attached hydrogens (tertiary/aromatic N) is 4. The summed E-state index contributed by atoms with van der Waals surface area (Å²) < 4.78 is 25.0. The molecule has 132 valence electrons. The Hall–Kier alpha value is -2.68. The van der Waals surface area contributed by atoms with Crippen LogP contribution in [0.4, 0.5) is 11.6 Å². The van der Waals surface area contributed by atoms with Crippen molar-refractivity contribution in [2.45, 2.75) is 13.0 Å². The van der Waals surface area contributed by atoms with Gasteiger partial charge in [-0.05, 0) is 24.6 Å². The first-order chi connectivity index (χ1) is 11.8. The van der Waals surface area contributed by atoms with Crippen molar-refractivity contribution in [2.24, 2.45) is 5.10 Å². The van der Waals surface area contributed by atoms with E-state index in [0.717, 1.165) is 29.6 Å². The average molecular weight is 360 g/mol. The maximum Gasteiger partial charge on any atom is 0.229 e. The van der Waals surface area contributed by atoms with E-state index in [2.05, 4.69) is 25.1 Å². The normalized spacial score (nSPS) is 16.9. The Balaban J connectivity index is 1.81. The lowest BCUT2D eigenvalue weighted by molar-refractivity contribution is 0.385. The summed E-state index contributed by atoms with van der Waals surface area (Å²) in [7, 11) is -1.38. The van der Waals surface area contributed by atoms with Crippen molar-refractivity contribution in [3.05, 3.63) is 36.0 Å². The molecule has 1 aromatic carbocycles. The first kappa shape index (κ1) is 17.2. The Morgan fingerprint density at radius 1 is 1.24 bits per heavy atom. The van der Waals surface area contributed by atoms with E-state index in [0.29, 0.717) is 11.6 Å². The molecule has 0 bridgehead atoms. The SMILES string of the molecule is Cc1cnc(NC2C=NN(C)C2)nc1-c1ccc(NS(C)(=O)=O)cc1. The molecule has 1 unspecified atom stereocenters. The summed E-state index contributed by atoms with van der Waals surface area (Å²) in [5.41, 5.74) is 3.14. The molecule has 0 saturated heterocycles. The van der Waals surface area contributed by atoms with E-state index in [-0.39, 0.29) is 6.04 Å². The third kappa shape index (κ3) is 4.44. The molecule has 0 amide bonds. The van der Waals surface area contributed by atoms with E-state index < -0.39 is 10.0 Å². The van der Waals surface area contributed by atoms with Crippen molar-refractivity contribution >= 4 is 27.9 Å². The van der Waals surface area contributed by atoms with Crippen molar-refractivity contribution in [3.63, 3.8) is 0 Å². The number of anilines is 2. The van der Waals surface area contributed by atoms with Crippen LogP contribution in [0.5, 0.6) is 0 Å². The van der Waals surface area contributed by atoms with Crippen LogP contribution >= 0.6 is 0 Å². The van der Waals surface area contributed by atoms with Crippen molar-refractivity contribution in [3.8, 4) is 11.3 Å². The molecule has 0 fully saturated rings. The van der Waals surface area contributed by atoms with Crippen molar-refractivity contribution in [1.29, 1.82) is 0 Å². The quantitative estimate of drug-likeness (QED) is 0.839. The average Bonchev–Trinajstić information content (AvgIpc) is 2.94. The lowest BCUT2D eigenvalue weighted by atomic mass is 10.1. The largest absolute Gasteiger partial charge is 0.345 e. The summed E-state index contributed by atoms with van der Waals surface area (Å²) in [5.74, 6) is 0.533. The number of nitrogens with one attached hydrogen (secondary N) is 2. The molecule has 0 spiro atoms. The number of aryl methyl sites for hydroxylation is 1. The van der Waals surface area contributed by atoms with Gasteiger partial charge >= 0.3 is 0 Å². The van der Waals surface area contributed by atoms with Crippen molar-refractivity contribution in [1.82, 2.24) is 15.0 Å². The molecule has 1 atom stereocenters. The Labute approximate surface area is 147 Å². The zero-order valence-electron chi connectivity index (χ0n) is 14.3. The van der Waals surface area contributed by atoms with Crippen LogP contribution in [0.15, 0.2) is 35.6 Å². The second-order valence-electron chi connectivity index (χ2n) is 6.03. The molecule has 8 nitrogen and oxygen atoms in total. The van der Waals surface area contributed by atoms with Gasteiger partial charge in [-0.25, -0.2) is 18.4 Å². The molecule has 25 heavy (non-hydrogen) atoms. The minimum absolute atomic E-state index is 0.0712. The highest BCUT2D eigenvalue weighted by Crippen LogP contribution is 2.24. The molecule has 0 saturated carbocycles. The lowest BCUT2D eigenvalue weighted by Gasteiger charge is -2.13. The van der Waals surface area contributed by atoms with Gasteiger partial charge in [-0.3, -0.25) is 9.73 Å². The summed E-state index contributed by atoms with van der Waals surface area (Å²) in [4.78, 5) is 8.92. The highest BCUT2D eigenvalue weighted by molar-refractivity contribution is 7.92. The number of hydrogen-bond donors (Lipinski definition) is 2. The third-order valence-corrected chi connectivity index (χ3v) is 4.26. The van der Waals surface area contributed by atoms with E-state index in [9.17, 15) is 8.42 Å². The molecule has 1 aliphatic rings. The molecule has 9 heteroatoms.